The van der Waals surface area contributed by atoms with Gasteiger partial charge in [-0.1, -0.05) is 58.4 Å². The van der Waals surface area contributed by atoms with Crippen molar-refractivity contribution < 1.29 is 17.9 Å². The smallest absolute Gasteiger partial charge is 0.217 e. The Hall–Kier alpha value is -2.72. The minimum Gasteiger partial charge on any atom is -0.495 e. The summed E-state index contributed by atoms with van der Waals surface area (Å²) in [5.74, 6) is -1.00. The number of thioether (sulfide) groups is 1. The molecule has 0 aliphatic carbocycles. The van der Waals surface area contributed by atoms with E-state index in [1.165, 1.54) is 41.3 Å². The summed E-state index contributed by atoms with van der Waals surface area (Å²) in [6, 6.07) is 13.5. The first-order valence-corrected chi connectivity index (χ1v) is 13.1. The number of halogens is 5. The number of thiazole rings is 1. The van der Waals surface area contributed by atoms with Gasteiger partial charge >= 0.3 is 0 Å². The number of rotatable bonds is 7. The lowest BCUT2D eigenvalue weighted by Gasteiger charge is -2.10. The third-order valence-corrected chi connectivity index (χ3v) is 8.05. The predicted molar refractivity (Wildman–Crippen MR) is 138 cm³/mol. The molecule has 0 bridgehead atoms. The molecule has 3 aromatic carbocycles. The second-order valence-corrected chi connectivity index (χ2v) is 10.6. The molecule has 0 fully saturated rings. The van der Waals surface area contributed by atoms with Crippen LogP contribution in [0.5, 0.6) is 5.75 Å². The van der Waals surface area contributed by atoms with Crippen molar-refractivity contribution >= 4 is 51.3 Å². The van der Waals surface area contributed by atoms with Crippen LogP contribution in [0.15, 0.2) is 59.8 Å². The van der Waals surface area contributed by atoms with E-state index in [1.54, 1.807) is 25.3 Å². The highest BCUT2D eigenvalue weighted by Crippen LogP contribution is 2.38. The number of fused-ring (bicyclic) bond motifs is 1. The predicted octanol–water partition coefficient (Wildman–Crippen LogP) is 8.07. The Balaban J connectivity index is 1.58. The van der Waals surface area contributed by atoms with Crippen molar-refractivity contribution in [2.45, 2.75) is 17.3 Å². The summed E-state index contributed by atoms with van der Waals surface area (Å²) in [6.45, 7) is 0. The second-order valence-electron chi connectivity index (χ2n) is 7.77. The van der Waals surface area contributed by atoms with E-state index in [-0.39, 0.29) is 10.8 Å². The zero-order valence-corrected chi connectivity index (χ0v) is 21.7. The SMILES string of the molecule is COc1ccc(Cc2sc3nnc(SCc4ccc(F)cc4F)n3c2-c2ccc(F)c(Cl)c2)cc1Cl. The molecule has 0 radical (unpaired) electrons. The summed E-state index contributed by atoms with van der Waals surface area (Å²) < 4.78 is 48.5. The zero-order valence-electron chi connectivity index (χ0n) is 18.6. The lowest BCUT2D eigenvalue weighted by atomic mass is 10.1. The summed E-state index contributed by atoms with van der Waals surface area (Å²) in [4.78, 5) is 1.54. The monoisotopic (exact) mass is 565 g/mol. The lowest BCUT2D eigenvalue weighted by Crippen LogP contribution is -1.96. The van der Waals surface area contributed by atoms with Gasteiger partial charge in [0, 0.05) is 28.7 Å². The van der Waals surface area contributed by atoms with Gasteiger partial charge in [0.15, 0.2) is 5.16 Å². The van der Waals surface area contributed by atoms with Crippen LogP contribution in [0.4, 0.5) is 13.2 Å². The van der Waals surface area contributed by atoms with E-state index < -0.39 is 17.5 Å². The maximum Gasteiger partial charge on any atom is 0.217 e. The Labute approximate surface area is 222 Å². The molecule has 5 aromatic rings. The second kappa shape index (κ2) is 10.3. The van der Waals surface area contributed by atoms with Gasteiger partial charge in [-0.15, -0.1) is 10.2 Å². The van der Waals surface area contributed by atoms with Gasteiger partial charge in [0.05, 0.1) is 22.8 Å². The third kappa shape index (κ3) is 4.93. The summed E-state index contributed by atoms with van der Waals surface area (Å²) in [6.07, 6.45) is 0.513. The highest BCUT2D eigenvalue weighted by atomic mass is 35.5. The average Bonchev–Trinajstić information content (AvgIpc) is 3.39. The summed E-state index contributed by atoms with van der Waals surface area (Å²) in [5.41, 5.74) is 2.70. The highest BCUT2D eigenvalue weighted by Gasteiger charge is 2.21. The van der Waals surface area contributed by atoms with Crippen LogP contribution in [0.1, 0.15) is 16.0 Å². The van der Waals surface area contributed by atoms with Gasteiger partial charge in [0.2, 0.25) is 4.96 Å². The van der Waals surface area contributed by atoms with Crippen molar-refractivity contribution in [2.75, 3.05) is 7.11 Å². The molecule has 4 nitrogen and oxygen atoms in total. The van der Waals surface area contributed by atoms with Crippen molar-refractivity contribution in [1.29, 1.82) is 0 Å². The van der Waals surface area contributed by atoms with E-state index in [0.29, 0.717) is 38.4 Å². The van der Waals surface area contributed by atoms with Crippen LogP contribution < -0.4 is 4.74 Å². The van der Waals surface area contributed by atoms with Crippen molar-refractivity contribution in [1.82, 2.24) is 14.6 Å². The standard InChI is InChI=1S/C25H16Cl2F3N3OS2/c1-34-21-7-2-13(8-18(21)27)9-22-23(14-4-6-19(29)17(26)10-14)33-24(31-32-25(33)36-22)35-12-15-3-5-16(28)11-20(15)30/h2-8,10-11H,9,12H2,1H3. The molecule has 184 valence electrons. The third-order valence-electron chi connectivity index (χ3n) is 5.45. The number of hydrogen-bond donors (Lipinski definition) is 0. The Morgan fingerprint density at radius 2 is 1.78 bits per heavy atom. The minimum atomic E-state index is -0.636. The van der Waals surface area contributed by atoms with Crippen LogP contribution in [0.3, 0.4) is 0 Å². The fourth-order valence-corrected chi connectivity index (χ4v) is 6.29. The quantitative estimate of drug-likeness (QED) is 0.187. The van der Waals surface area contributed by atoms with E-state index in [4.69, 9.17) is 27.9 Å². The molecule has 0 unspecified atom stereocenters. The van der Waals surface area contributed by atoms with Gasteiger partial charge < -0.3 is 4.74 Å². The highest BCUT2D eigenvalue weighted by molar-refractivity contribution is 7.98. The number of benzene rings is 3. The Kier molecular flexibility index (Phi) is 7.16. The van der Waals surface area contributed by atoms with Gasteiger partial charge in [-0.25, -0.2) is 13.2 Å². The van der Waals surface area contributed by atoms with Gasteiger partial charge in [-0.2, -0.15) is 0 Å². The minimum absolute atomic E-state index is 0.0130. The molecule has 0 amide bonds. The molecule has 0 spiro atoms. The summed E-state index contributed by atoms with van der Waals surface area (Å²) >= 11 is 15.1. The maximum absolute atomic E-state index is 14.2. The van der Waals surface area contributed by atoms with Gasteiger partial charge in [0.25, 0.3) is 0 Å². The van der Waals surface area contributed by atoms with Crippen molar-refractivity contribution in [3.63, 3.8) is 0 Å². The summed E-state index contributed by atoms with van der Waals surface area (Å²) in [5, 5.41) is 9.57. The van der Waals surface area contributed by atoms with Crippen LogP contribution in [0.25, 0.3) is 16.2 Å². The fraction of sp³-hybridized carbons (Fsp3) is 0.120. The van der Waals surface area contributed by atoms with E-state index in [9.17, 15) is 13.2 Å². The van der Waals surface area contributed by atoms with Crippen LogP contribution in [-0.4, -0.2) is 21.7 Å². The van der Waals surface area contributed by atoms with Gasteiger partial charge in [-0.05, 0) is 47.5 Å². The van der Waals surface area contributed by atoms with Crippen molar-refractivity contribution in [3.8, 4) is 17.0 Å². The van der Waals surface area contributed by atoms with Crippen molar-refractivity contribution in [3.05, 3.63) is 98.1 Å². The van der Waals surface area contributed by atoms with Crippen LogP contribution in [0, 0.1) is 17.5 Å². The molecule has 0 atom stereocenters. The van der Waals surface area contributed by atoms with Gasteiger partial charge in [-0.3, -0.25) is 4.40 Å². The normalized spacial score (nSPS) is 11.4. The first kappa shape index (κ1) is 25.0. The molecule has 5 rings (SSSR count). The first-order chi connectivity index (χ1) is 17.3. The number of aromatic nitrogens is 3. The topological polar surface area (TPSA) is 39.4 Å². The number of hydrogen-bond acceptors (Lipinski definition) is 5. The maximum atomic E-state index is 14.2. The molecule has 36 heavy (non-hydrogen) atoms. The molecular formula is C25H16Cl2F3N3OS2. The average molecular weight is 566 g/mol. The van der Waals surface area contributed by atoms with Gasteiger partial charge in [0.1, 0.15) is 23.2 Å². The van der Waals surface area contributed by atoms with E-state index in [0.717, 1.165) is 22.2 Å². The lowest BCUT2D eigenvalue weighted by molar-refractivity contribution is 0.415. The molecule has 11 heteroatoms. The Bertz CT molecular complexity index is 1590. The molecule has 0 aliphatic heterocycles. The number of methoxy groups -OCH3 is 1. The number of ether oxygens (including phenoxy) is 1. The van der Waals surface area contributed by atoms with Crippen LogP contribution in [-0.2, 0) is 12.2 Å². The molecular weight excluding hydrogens is 550 g/mol. The first-order valence-electron chi connectivity index (χ1n) is 10.6. The summed E-state index contributed by atoms with van der Waals surface area (Å²) in [7, 11) is 1.55. The molecule has 0 saturated carbocycles. The Morgan fingerprint density at radius 3 is 2.50 bits per heavy atom. The van der Waals surface area contributed by atoms with E-state index >= 15 is 0 Å². The number of nitrogens with zero attached hydrogens (tertiary/aromatic N) is 3. The van der Waals surface area contributed by atoms with E-state index in [1.807, 2.05) is 16.5 Å². The largest absolute Gasteiger partial charge is 0.495 e. The van der Waals surface area contributed by atoms with Crippen LogP contribution >= 0.6 is 46.3 Å². The molecule has 0 N–H and O–H groups in total. The molecule has 0 saturated heterocycles. The molecule has 0 aliphatic rings. The Morgan fingerprint density at radius 1 is 0.944 bits per heavy atom. The van der Waals surface area contributed by atoms with Crippen molar-refractivity contribution in [2.24, 2.45) is 0 Å². The molecule has 2 heterocycles. The van der Waals surface area contributed by atoms with E-state index in [2.05, 4.69) is 10.2 Å². The van der Waals surface area contributed by atoms with Crippen LogP contribution in [0.2, 0.25) is 10.0 Å². The zero-order chi connectivity index (χ0) is 25.4. The fourth-order valence-electron chi connectivity index (χ4n) is 3.73. The molecule has 2 aromatic heterocycles.